The zero-order chi connectivity index (χ0) is 14.3. The number of hydrogen-bond acceptors (Lipinski definition) is 2. The third-order valence-electron chi connectivity index (χ3n) is 2.29. The molecule has 0 fully saturated rings. The van der Waals surface area contributed by atoms with E-state index in [1.165, 1.54) is 11.4 Å². The minimum absolute atomic E-state index is 1.21. The van der Waals surface area contributed by atoms with Crippen molar-refractivity contribution < 1.29 is 19.2 Å². The minimum atomic E-state index is -4.64. The molecule has 3 N–H and O–H groups in total. The molecule has 2 rings (SSSR count). The van der Waals surface area contributed by atoms with Crippen LogP contribution in [0, 0.1) is 0 Å². The number of para-hydroxylation sites is 2. The second kappa shape index (κ2) is 7.07. The highest BCUT2D eigenvalue weighted by atomic mass is 31.2. The molecule has 6 heteroatoms. The fourth-order valence-corrected chi connectivity index (χ4v) is 1.45. The normalized spacial score (nSPS) is 10.3. The van der Waals surface area contributed by atoms with E-state index >= 15 is 0 Å². The summed E-state index contributed by atoms with van der Waals surface area (Å²) in [6, 6.07) is 20.7. The molecule has 0 bridgehead atoms. The lowest BCUT2D eigenvalue weighted by atomic mass is 10.2. The maximum Gasteiger partial charge on any atom is 0.466 e. The van der Waals surface area contributed by atoms with Gasteiger partial charge in [-0.05, 0) is 24.3 Å². The number of phosphoric acid groups is 1. The number of hydrogen-bond donors (Lipinski definition) is 3. The molecule has 0 aliphatic carbocycles. The predicted molar refractivity (Wildman–Crippen MR) is 75.2 cm³/mol. The van der Waals surface area contributed by atoms with Gasteiger partial charge in [0.25, 0.3) is 0 Å². The molecular formula is C13H16NO4P. The van der Waals surface area contributed by atoms with E-state index < -0.39 is 7.82 Å². The zero-order valence-electron chi connectivity index (χ0n) is 10.4. The second-order valence-electron chi connectivity index (χ2n) is 3.74. The Kier molecular flexibility index (Phi) is 5.73. The van der Waals surface area contributed by atoms with Crippen molar-refractivity contribution in [1.82, 2.24) is 0 Å². The van der Waals surface area contributed by atoms with Crippen LogP contribution >= 0.6 is 7.82 Å². The van der Waals surface area contributed by atoms with Crippen molar-refractivity contribution in [3.8, 4) is 0 Å². The van der Waals surface area contributed by atoms with Crippen LogP contribution in [-0.2, 0) is 4.57 Å². The van der Waals surface area contributed by atoms with Gasteiger partial charge in [-0.15, -0.1) is 0 Å². The third kappa shape index (κ3) is 6.74. The van der Waals surface area contributed by atoms with Gasteiger partial charge in [0.15, 0.2) is 0 Å². The monoisotopic (exact) mass is 281 g/mol. The van der Waals surface area contributed by atoms with Gasteiger partial charge in [-0.2, -0.15) is 0 Å². The van der Waals surface area contributed by atoms with Crippen molar-refractivity contribution in [1.29, 1.82) is 0 Å². The summed E-state index contributed by atoms with van der Waals surface area (Å²) in [5.41, 5.74) is 2.41. The van der Waals surface area contributed by atoms with Crippen molar-refractivity contribution in [2.24, 2.45) is 0 Å². The molecule has 19 heavy (non-hydrogen) atoms. The number of nitrogens with zero attached hydrogens (tertiary/aromatic N) is 1. The number of anilines is 2. The highest BCUT2D eigenvalue weighted by Gasteiger charge is 2.00. The quantitative estimate of drug-likeness (QED) is 0.737. The Balaban J connectivity index is 0.000000312. The molecule has 0 aromatic heterocycles. The lowest BCUT2D eigenvalue weighted by molar-refractivity contribution is 0.275. The van der Waals surface area contributed by atoms with Gasteiger partial charge in [0, 0.05) is 18.4 Å². The summed E-state index contributed by atoms with van der Waals surface area (Å²) in [7, 11) is -2.56. The minimum Gasteiger partial charge on any atom is -0.345 e. The molecule has 0 saturated carbocycles. The van der Waals surface area contributed by atoms with Crippen molar-refractivity contribution in [2.75, 3.05) is 11.9 Å². The standard InChI is InChI=1S/C13H13N.H3O4P/c1-14(12-8-4-2-5-9-12)13-10-6-3-7-11-13;1-5(2,3)4/h2-11H,1H3;(H3,1,2,3,4). The Hall–Kier alpha value is -1.65. The summed E-state index contributed by atoms with van der Waals surface area (Å²) in [5.74, 6) is 0. The van der Waals surface area contributed by atoms with E-state index in [1.54, 1.807) is 0 Å². The fraction of sp³-hybridized carbons (Fsp3) is 0.0769. The molecule has 0 radical (unpaired) electrons. The Labute approximate surface area is 112 Å². The molecule has 2 aromatic carbocycles. The lowest BCUT2D eigenvalue weighted by Gasteiger charge is -2.18. The summed E-state index contributed by atoms with van der Waals surface area (Å²) in [6.07, 6.45) is 0. The van der Waals surface area contributed by atoms with E-state index in [9.17, 15) is 0 Å². The molecule has 0 saturated heterocycles. The summed E-state index contributed by atoms with van der Waals surface area (Å²) < 4.78 is 8.88. The van der Waals surface area contributed by atoms with E-state index in [1.807, 2.05) is 12.1 Å². The van der Waals surface area contributed by atoms with Gasteiger partial charge < -0.3 is 19.6 Å². The van der Waals surface area contributed by atoms with Gasteiger partial charge in [-0.25, -0.2) is 4.57 Å². The molecule has 2 aromatic rings. The maximum absolute atomic E-state index is 8.88. The summed E-state index contributed by atoms with van der Waals surface area (Å²) in [5, 5.41) is 0. The first kappa shape index (κ1) is 15.4. The van der Waals surface area contributed by atoms with E-state index in [0.717, 1.165) is 0 Å². The number of benzene rings is 2. The largest absolute Gasteiger partial charge is 0.466 e. The van der Waals surface area contributed by atoms with Crippen LogP contribution in [0.2, 0.25) is 0 Å². The molecule has 0 aliphatic rings. The maximum atomic E-state index is 8.88. The summed E-state index contributed by atoms with van der Waals surface area (Å²) in [4.78, 5) is 23.7. The van der Waals surface area contributed by atoms with Crippen molar-refractivity contribution in [3.63, 3.8) is 0 Å². The number of rotatable bonds is 2. The van der Waals surface area contributed by atoms with Crippen LogP contribution in [0.15, 0.2) is 60.7 Å². The van der Waals surface area contributed by atoms with Crippen molar-refractivity contribution in [3.05, 3.63) is 60.7 Å². The van der Waals surface area contributed by atoms with Gasteiger partial charge in [0.1, 0.15) is 0 Å². The van der Waals surface area contributed by atoms with E-state index in [2.05, 4.69) is 60.5 Å². The molecule has 5 nitrogen and oxygen atoms in total. The van der Waals surface area contributed by atoms with Crippen molar-refractivity contribution >= 4 is 19.2 Å². The van der Waals surface area contributed by atoms with Crippen LogP contribution in [0.3, 0.4) is 0 Å². The Morgan fingerprint density at radius 3 is 1.32 bits per heavy atom. The average molecular weight is 281 g/mol. The van der Waals surface area contributed by atoms with E-state index in [4.69, 9.17) is 19.2 Å². The van der Waals surface area contributed by atoms with Crippen LogP contribution in [0.5, 0.6) is 0 Å². The van der Waals surface area contributed by atoms with Crippen molar-refractivity contribution in [2.45, 2.75) is 0 Å². The third-order valence-corrected chi connectivity index (χ3v) is 2.29. The van der Waals surface area contributed by atoms with Crippen LogP contribution in [0.4, 0.5) is 11.4 Å². The van der Waals surface area contributed by atoms with Gasteiger partial charge >= 0.3 is 7.82 Å². The first-order valence-corrected chi connectivity index (χ1v) is 7.06. The van der Waals surface area contributed by atoms with Gasteiger partial charge in [-0.3, -0.25) is 0 Å². The van der Waals surface area contributed by atoms with Gasteiger partial charge in [0.2, 0.25) is 0 Å². The highest BCUT2D eigenvalue weighted by molar-refractivity contribution is 7.45. The highest BCUT2D eigenvalue weighted by Crippen LogP contribution is 2.25. The zero-order valence-corrected chi connectivity index (χ0v) is 11.3. The molecule has 0 unspecified atom stereocenters. The Morgan fingerprint density at radius 1 is 0.789 bits per heavy atom. The average Bonchev–Trinajstić information content (AvgIpc) is 2.38. The van der Waals surface area contributed by atoms with Crippen LogP contribution in [0.1, 0.15) is 0 Å². The summed E-state index contributed by atoms with van der Waals surface area (Å²) >= 11 is 0. The molecular weight excluding hydrogens is 265 g/mol. The molecule has 0 atom stereocenters. The fourth-order valence-electron chi connectivity index (χ4n) is 1.45. The molecule has 0 heterocycles. The van der Waals surface area contributed by atoms with Gasteiger partial charge in [-0.1, -0.05) is 36.4 Å². The van der Waals surface area contributed by atoms with E-state index in [-0.39, 0.29) is 0 Å². The smallest absolute Gasteiger partial charge is 0.345 e. The first-order chi connectivity index (χ1) is 8.88. The molecule has 0 spiro atoms. The second-order valence-corrected chi connectivity index (χ2v) is 4.77. The topological polar surface area (TPSA) is 81.0 Å². The lowest BCUT2D eigenvalue weighted by Crippen LogP contribution is -2.08. The molecule has 102 valence electrons. The van der Waals surface area contributed by atoms with Crippen LogP contribution < -0.4 is 4.90 Å². The first-order valence-electron chi connectivity index (χ1n) is 5.50. The van der Waals surface area contributed by atoms with Crippen LogP contribution in [0.25, 0.3) is 0 Å². The summed E-state index contributed by atoms with van der Waals surface area (Å²) in [6.45, 7) is 0. The van der Waals surface area contributed by atoms with Gasteiger partial charge in [0.05, 0.1) is 0 Å². The molecule has 0 aliphatic heterocycles. The predicted octanol–water partition coefficient (Wildman–Crippen LogP) is 2.53. The molecule has 0 amide bonds. The SMILES string of the molecule is CN(c1ccccc1)c1ccccc1.O=P(O)(O)O. The Bertz CT molecular complexity index is 479. The Morgan fingerprint density at radius 2 is 1.05 bits per heavy atom. The van der Waals surface area contributed by atoms with E-state index in [0.29, 0.717) is 0 Å². The van der Waals surface area contributed by atoms with Crippen LogP contribution in [-0.4, -0.2) is 21.7 Å².